The predicted molar refractivity (Wildman–Crippen MR) is 200 cm³/mol. The highest BCUT2D eigenvalue weighted by atomic mass is 32.1. The Labute approximate surface area is 267 Å². The average molecular weight is 600 g/mol. The molecule has 0 aliphatic rings. The Morgan fingerprint density at radius 3 is 2.36 bits per heavy atom. The smallest absolute Gasteiger partial charge is 0.0651 e. The molecule has 2 aromatic heterocycles. The van der Waals surface area contributed by atoms with Gasteiger partial charge in [0.15, 0.2) is 0 Å². The summed E-state index contributed by atoms with van der Waals surface area (Å²) in [6.07, 6.45) is 20.9. The summed E-state index contributed by atoms with van der Waals surface area (Å²) in [7, 11) is 0. The Hall–Kier alpha value is -5.58. The second kappa shape index (κ2) is 13.8. The zero-order valence-corrected chi connectivity index (χ0v) is 25.8. The Kier molecular flexibility index (Phi) is 9.05. The van der Waals surface area contributed by atoms with Gasteiger partial charge in [-0.05, 0) is 54.8 Å². The van der Waals surface area contributed by atoms with E-state index in [-0.39, 0.29) is 0 Å². The van der Waals surface area contributed by atoms with Crippen LogP contribution in [-0.2, 0) is 0 Å². The minimum atomic E-state index is 0.502. The maximum Gasteiger partial charge on any atom is 0.0651 e. The van der Waals surface area contributed by atoms with E-state index in [4.69, 9.17) is 4.99 Å². The molecule has 0 N–H and O–H groups in total. The summed E-state index contributed by atoms with van der Waals surface area (Å²) in [6, 6.07) is 30.6. The SMILES string of the molecule is C=C/C=C(\C=C)CN=C(/C=C/C=C/C=C\C=C/N=C)c1cccc(-n2c3ccccc3c3c4sc5ccccc5c4ccc32)c1. The molecule has 0 spiro atoms. The van der Waals surface area contributed by atoms with Crippen LogP contribution in [0.25, 0.3) is 47.7 Å². The molecule has 0 amide bonds. The minimum Gasteiger partial charge on any atom is -0.309 e. The Bertz CT molecular complexity index is 2240. The molecule has 0 radical (unpaired) electrons. The van der Waals surface area contributed by atoms with Gasteiger partial charge in [-0.3, -0.25) is 9.98 Å². The maximum atomic E-state index is 5.01. The average Bonchev–Trinajstić information content (AvgIpc) is 3.62. The molecule has 4 aromatic carbocycles. The van der Waals surface area contributed by atoms with Gasteiger partial charge in [-0.15, -0.1) is 11.3 Å². The molecule has 0 saturated heterocycles. The summed E-state index contributed by atoms with van der Waals surface area (Å²) >= 11 is 1.87. The summed E-state index contributed by atoms with van der Waals surface area (Å²) in [5.41, 5.74) is 6.38. The largest absolute Gasteiger partial charge is 0.309 e. The second-order valence-electron chi connectivity index (χ2n) is 10.4. The van der Waals surface area contributed by atoms with Crippen molar-refractivity contribution in [2.24, 2.45) is 9.98 Å². The van der Waals surface area contributed by atoms with Crippen LogP contribution in [0.15, 0.2) is 181 Å². The third kappa shape index (κ3) is 6.10. The number of para-hydroxylation sites is 1. The van der Waals surface area contributed by atoms with Gasteiger partial charge in [0, 0.05) is 48.4 Å². The lowest BCUT2D eigenvalue weighted by molar-refractivity contribution is 1.17. The number of fused-ring (bicyclic) bond motifs is 7. The van der Waals surface area contributed by atoms with Crippen molar-refractivity contribution in [2.75, 3.05) is 6.54 Å². The summed E-state index contributed by atoms with van der Waals surface area (Å²) in [5.74, 6) is 0. The van der Waals surface area contributed by atoms with Crippen molar-refractivity contribution in [3.63, 3.8) is 0 Å². The normalized spacial score (nSPS) is 13.2. The lowest BCUT2D eigenvalue weighted by Gasteiger charge is -2.11. The van der Waals surface area contributed by atoms with Gasteiger partial charge in [-0.25, -0.2) is 0 Å². The van der Waals surface area contributed by atoms with Gasteiger partial charge in [-0.2, -0.15) is 0 Å². The standard InChI is InChI=1S/C41H33N3S/c1-4-17-30(5-2)29-43-36(22-10-8-6-7-9-15-27-42-3)31-18-16-19-32(28-31)44-37-23-13-11-21-35(37)40-38(44)26-25-34-33-20-12-14-24-39(33)45-41(34)40/h4-28H,1-3,29H2/b8-6+,9-7-,22-10+,27-15-,30-17+,43-36?. The summed E-state index contributed by atoms with van der Waals surface area (Å²) in [4.78, 5) is 8.71. The van der Waals surface area contributed by atoms with E-state index >= 15 is 0 Å². The van der Waals surface area contributed by atoms with E-state index in [1.165, 1.54) is 42.0 Å². The lowest BCUT2D eigenvalue weighted by Crippen LogP contribution is -2.02. The molecule has 2 heterocycles. The van der Waals surface area contributed by atoms with Crippen molar-refractivity contribution in [3.8, 4) is 5.69 Å². The highest BCUT2D eigenvalue weighted by Crippen LogP contribution is 2.43. The minimum absolute atomic E-state index is 0.502. The van der Waals surface area contributed by atoms with Crippen LogP contribution in [0.2, 0.25) is 0 Å². The number of aromatic nitrogens is 1. The molecule has 0 fully saturated rings. The van der Waals surface area contributed by atoms with E-state index in [1.54, 1.807) is 12.3 Å². The molecule has 0 aliphatic heterocycles. The van der Waals surface area contributed by atoms with Gasteiger partial charge >= 0.3 is 0 Å². The first-order valence-corrected chi connectivity index (χ1v) is 15.6. The molecule has 0 saturated carbocycles. The summed E-state index contributed by atoms with van der Waals surface area (Å²) in [5, 5.41) is 5.17. The molecule has 0 atom stereocenters. The number of thiophene rings is 1. The maximum absolute atomic E-state index is 5.01. The van der Waals surface area contributed by atoms with Crippen LogP contribution in [0.4, 0.5) is 0 Å². The van der Waals surface area contributed by atoms with E-state index in [9.17, 15) is 0 Å². The van der Waals surface area contributed by atoms with Crippen molar-refractivity contribution >= 4 is 65.7 Å². The Balaban J connectivity index is 1.47. The quantitative estimate of drug-likeness (QED) is 0.105. The zero-order chi connectivity index (χ0) is 31.0. The van der Waals surface area contributed by atoms with E-state index in [0.717, 1.165) is 22.5 Å². The fraction of sp³-hybridized carbons (Fsp3) is 0.0244. The summed E-state index contributed by atoms with van der Waals surface area (Å²) < 4.78 is 5.02. The summed E-state index contributed by atoms with van der Waals surface area (Å²) in [6.45, 7) is 11.7. The molecule has 3 nitrogen and oxygen atoms in total. The molecule has 218 valence electrons. The van der Waals surface area contributed by atoms with E-state index in [2.05, 4.69) is 114 Å². The Morgan fingerprint density at radius 2 is 1.53 bits per heavy atom. The Morgan fingerprint density at radius 1 is 0.756 bits per heavy atom. The van der Waals surface area contributed by atoms with Crippen LogP contribution < -0.4 is 0 Å². The van der Waals surface area contributed by atoms with E-state index < -0.39 is 0 Å². The third-order valence-corrected chi connectivity index (χ3v) is 8.81. The first kappa shape index (κ1) is 29.5. The van der Waals surface area contributed by atoms with Gasteiger partial charge < -0.3 is 4.57 Å². The fourth-order valence-electron chi connectivity index (χ4n) is 5.58. The van der Waals surface area contributed by atoms with Gasteiger partial charge in [0.05, 0.1) is 23.3 Å². The van der Waals surface area contributed by atoms with Crippen LogP contribution >= 0.6 is 11.3 Å². The zero-order valence-electron chi connectivity index (χ0n) is 25.0. The molecule has 0 bridgehead atoms. The number of nitrogens with zero attached hydrogens (tertiary/aromatic N) is 3. The van der Waals surface area contributed by atoms with Crippen LogP contribution in [0.1, 0.15) is 5.56 Å². The van der Waals surface area contributed by atoms with Gasteiger partial charge in [-0.1, -0.05) is 116 Å². The number of hydrogen-bond acceptors (Lipinski definition) is 3. The molecular weight excluding hydrogens is 567 g/mol. The van der Waals surface area contributed by atoms with Crippen molar-refractivity contribution in [2.45, 2.75) is 0 Å². The number of aliphatic imine (C=N–C) groups is 2. The number of benzene rings is 4. The lowest BCUT2D eigenvalue weighted by atomic mass is 10.1. The first-order valence-electron chi connectivity index (χ1n) is 14.8. The van der Waals surface area contributed by atoms with Crippen molar-refractivity contribution in [1.29, 1.82) is 0 Å². The highest BCUT2D eigenvalue weighted by molar-refractivity contribution is 7.26. The number of rotatable bonds is 11. The van der Waals surface area contributed by atoms with E-state index in [0.29, 0.717) is 6.54 Å². The highest BCUT2D eigenvalue weighted by Gasteiger charge is 2.17. The van der Waals surface area contributed by atoms with Crippen molar-refractivity contribution < 1.29 is 0 Å². The molecule has 0 aliphatic carbocycles. The van der Waals surface area contributed by atoms with Gasteiger partial charge in [0.1, 0.15) is 0 Å². The predicted octanol–water partition coefficient (Wildman–Crippen LogP) is 11.1. The van der Waals surface area contributed by atoms with E-state index in [1.807, 2.05) is 66.0 Å². The molecule has 45 heavy (non-hydrogen) atoms. The molecule has 6 aromatic rings. The molecule has 6 rings (SSSR count). The third-order valence-electron chi connectivity index (χ3n) is 7.61. The number of allylic oxidation sites excluding steroid dienone is 9. The molecular formula is C41H33N3S. The molecule has 4 heteroatoms. The topological polar surface area (TPSA) is 29.6 Å². The van der Waals surface area contributed by atoms with Crippen LogP contribution in [0, 0.1) is 0 Å². The molecule has 0 unspecified atom stereocenters. The van der Waals surface area contributed by atoms with Crippen LogP contribution in [0.5, 0.6) is 0 Å². The van der Waals surface area contributed by atoms with Gasteiger partial charge in [0.2, 0.25) is 0 Å². The fourth-order valence-corrected chi connectivity index (χ4v) is 6.84. The van der Waals surface area contributed by atoms with Crippen molar-refractivity contribution in [3.05, 3.63) is 176 Å². The van der Waals surface area contributed by atoms with Crippen molar-refractivity contribution in [1.82, 2.24) is 4.57 Å². The van der Waals surface area contributed by atoms with Crippen LogP contribution in [0.3, 0.4) is 0 Å². The first-order chi connectivity index (χ1) is 22.2. The van der Waals surface area contributed by atoms with Crippen LogP contribution in [-0.4, -0.2) is 23.5 Å². The van der Waals surface area contributed by atoms with Gasteiger partial charge in [0.25, 0.3) is 0 Å². The number of hydrogen-bond donors (Lipinski definition) is 0. The second-order valence-corrected chi connectivity index (χ2v) is 11.4. The monoisotopic (exact) mass is 599 g/mol.